The van der Waals surface area contributed by atoms with Crippen LogP contribution in [0.5, 0.6) is 0 Å². The zero-order chi connectivity index (χ0) is 18.8. The number of amides is 2. The van der Waals surface area contributed by atoms with Crippen molar-refractivity contribution in [2.45, 2.75) is 25.3 Å². The van der Waals surface area contributed by atoms with Crippen LogP contribution >= 0.6 is 0 Å². The monoisotopic (exact) mass is 372 g/mol. The molecule has 2 saturated heterocycles. The van der Waals surface area contributed by atoms with Gasteiger partial charge in [-0.15, -0.1) is 0 Å². The molecule has 0 unspecified atom stereocenters. The summed E-state index contributed by atoms with van der Waals surface area (Å²) in [4.78, 5) is 31.5. The molecule has 1 aromatic rings. The van der Waals surface area contributed by atoms with E-state index in [0.29, 0.717) is 12.1 Å². The molecule has 0 aromatic heterocycles. The predicted octanol–water partition coefficient (Wildman–Crippen LogP) is 1.08. The van der Waals surface area contributed by atoms with Gasteiger partial charge in [0.15, 0.2) is 0 Å². The predicted molar refractivity (Wildman–Crippen MR) is 104 cm³/mol. The highest BCUT2D eigenvalue weighted by Gasteiger charge is 2.37. The summed E-state index contributed by atoms with van der Waals surface area (Å²) in [6.07, 6.45) is 3.11. The van der Waals surface area contributed by atoms with Gasteiger partial charge >= 0.3 is 0 Å². The van der Waals surface area contributed by atoms with Gasteiger partial charge in [-0.25, -0.2) is 0 Å². The molecule has 27 heavy (non-hydrogen) atoms. The van der Waals surface area contributed by atoms with Crippen LogP contribution in [-0.4, -0.2) is 75.7 Å². The lowest BCUT2D eigenvalue weighted by Crippen LogP contribution is -2.54. The number of piperidine rings is 1. The molecule has 0 saturated carbocycles. The van der Waals surface area contributed by atoms with Crippen molar-refractivity contribution in [2.24, 2.45) is 0 Å². The molecule has 0 aliphatic carbocycles. The maximum atomic E-state index is 12.7. The Morgan fingerprint density at radius 1 is 1.19 bits per heavy atom. The van der Waals surface area contributed by atoms with Crippen molar-refractivity contribution in [1.29, 1.82) is 0 Å². The highest BCUT2D eigenvalue weighted by atomic mass is 16.5. The van der Waals surface area contributed by atoms with Crippen LogP contribution in [0.15, 0.2) is 18.2 Å². The first-order chi connectivity index (χ1) is 13.1. The van der Waals surface area contributed by atoms with Crippen molar-refractivity contribution in [2.75, 3.05) is 62.8 Å². The summed E-state index contributed by atoms with van der Waals surface area (Å²) in [5, 5.41) is 3.00. The minimum atomic E-state index is -0.0901. The number of morpholine rings is 1. The van der Waals surface area contributed by atoms with Crippen LogP contribution in [0.3, 0.4) is 0 Å². The molecule has 3 aliphatic heterocycles. The smallest absolute Gasteiger partial charge is 0.251 e. The zero-order valence-corrected chi connectivity index (χ0v) is 15.9. The van der Waals surface area contributed by atoms with Gasteiger partial charge in [-0.3, -0.25) is 14.5 Å². The summed E-state index contributed by atoms with van der Waals surface area (Å²) in [5.41, 5.74) is 2.50. The Kier molecular flexibility index (Phi) is 5.31. The van der Waals surface area contributed by atoms with Crippen molar-refractivity contribution in [3.63, 3.8) is 0 Å². The molecule has 0 spiro atoms. The molecule has 1 atom stereocenters. The molecule has 3 heterocycles. The van der Waals surface area contributed by atoms with E-state index < -0.39 is 0 Å². The summed E-state index contributed by atoms with van der Waals surface area (Å²) >= 11 is 0. The van der Waals surface area contributed by atoms with Crippen LogP contribution in [0, 0.1) is 0 Å². The lowest BCUT2D eigenvalue weighted by Gasteiger charge is -2.44. The minimum Gasteiger partial charge on any atom is -0.379 e. The molecule has 4 rings (SSSR count). The summed E-state index contributed by atoms with van der Waals surface area (Å²) in [6, 6.07) is 5.66. The number of benzene rings is 1. The molecule has 7 heteroatoms. The van der Waals surface area contributed by atoms with E-state index in [1.165, 1.54) is 0 Å². The van der Waals surface area contributed by atoms with Gasteiger partial charge in [0.1, 0.15) is 6.04 Å². The number of anilines is 2. The van der Waals surface area contributed by atoms with E-state index in [-0.39, 0.29) is 17.9 Å². The Bertz CT molecular complexity index is 717. The fourth-order valence-electron chi connectivity index (χ4n) is 4.25. The third-order valence-electron chi connectivity index (χ3n) is 5.84. The van der Waals surface area contributed by atoms with Gasteiger partial charge in [-0.2, -0.15) is 0 Å². The Morgan fingerprint density at radius 3 is 2.81 bits per heavy atom. The van der Waals surface area contributed by atoms with Crippen LogP contribution in [0.2, 0.25) is 0 Å². The number of carbonyl (C=O) groups excluding carboxylic acids is 2. The van der Waals surface area contributed by atoms with E-state index in [9.17, 15) is 9.59 Å². The third-order valence-corrected chi connectivity index (χ3v) is 5.84. The Hall–Kier alpha value is -2.12. The number of hydrogen-bond donors (Lipinski definition) is 1. The van der Waals surface area contributed by atoms with E-state index in [0.717, 1.165) is 70.0 Å². The van der Waals surface area contributed by atoms with Gasteiger partial charge in [0.2, 0.25) is 5.91 Å². The van der Waals surface area contributed by atoms with E-state index in [1.54, 1.807) is 4.90 Å². The van der Waals surface area contributed by atoms with Crippen LogP contribution in [-0.2, 0) is 9.53 Å². The van der Waals surface area contributed by atoms with Gasteiger partial charge in [0.25, 0.3) is 5.91 Å². The molecular weight excluding hydrogens is 344 g/mol. The Morgan fingerprint density at radius 2 is 2.00 bits per heavy atom. The number of carbonyl (C=O) groups is 2. The number of nitrogens with one attached hydrogen (secondary N) is 1. The summed E-state index contributed by atoms with van der Waals surface area (Å²) in [6.45, 7) is 5.69. The van der Waals surface area contributed by atoms with E-state index in [1.807, 2.05) is 25.2 Å². The number of rotatable bonds is 4. The zero-order valence-electron chi connectivity index (χ0n) is 15.9. The van der Waals surface area contributed by atoms with Crippen molar-refractivity contribution in [3.8, 4) is 0 Å². The van der Waals surface area contributed by atoms with Gasteiger partial charge < -0.3 is 19.9 Å². The second-order valence-electron chi connectivity index (χ2n) is 7.52. The van der Waals surface area contributed by atoms with E-state index in [2.05, 4.69) is 15.1 Å². The number of nitrogens with zero attached hydrogens (tertiary/aromatic N) is 3. The molecular formula is C20H28N4O3. The average Bonchev–Trinajstić information content (AvgIpc) is 2.72. The number of ether oxygens (including phenoxy) is 1. The van der Waals surface area contributed by atoms with E-state index >= 15 is 0 Å². The van der Waals surface area contributed by atoms with Crippen molar-refractivity contribution < 1.29 is 14.3 Å². The number of likely N-dealkylation sites (N-methyl/N-ethyl adjacent to an activating group) is 1. The Labute approximate surface area is 160 Å². The first kappa shape index (κ1) is 18.3. The summed E-state index contributed by atoms with van der Waals surface area (Å²) < 4.78 is 5.34. The molecule has 1 N–H and O–H groups in total. The SMILES string of the molecule is CN1C(=O)[C@H]2CCCCN2c2ccc(C(=O)NCCN3CCOCC3)cc21. The number of hydrogen-bond acceptors (Lipinski definition) is 5. The second-order valence-corrected chi connectivity index (χ2v) is 7.52. The van der Waals surface area contributed by atoms with Crippen LogP contribution in [0.4, 0.5) is 11.4 Å². The second kappa shape index (κ2) is 7.86. The van der Waals surface area contributed by atoms with Crippen molar-refractivity contribution >= 4 is 23.2 Å². The largest absolute Gasteiger partial charge is 0.379 e. The van der Waals surface area contributed by atoms with Gasteiger partial charge in [-0.1, -0.05) is 0 Å². The summed E-state index contributed by atoms with van der Waals surface area (Å²) in [5.74, 6) is 0.0414. The van der Waals surface area contributed by atoms with E-state index in [4.69, 9.17) is 4.74 Å². The number of fused-ring (bicyclic) bond motifs is 3. The first-order valence-electron chi connectivity index (χ1n) is 9.92. The van der Waals surface area contributed by atoms with Crippen LogP contribution < -0.4 is 15.1 Å². The Balaban J connectivity index is 1.44. The van der Waals surface area contributed by atoms with Gasteiger partial charge in [0, 0.05) is 45.3 Å². The maximum absolute atomic E-state index is 12.7. The van der Waals surface area contributed by atoms with Gasteiger partial charge in [-0.05, 0) is 37.5 Å². The maximum Gasteiger partial charge on any atom is 0.251 e. The van der Waals surface area contributed by atoms with Gasteiger partial charge in [0.05, 0.1) is 24.6 Å². The normalized spacial score (nSPS) is 23.0. The molecule has 2 amide bonds. The quantitative estimate of drug-likeness (QED) is 0.857. The fraction of sp³-hybridized carbons (Fsp3) is 0.600. The lowest BCUT2D eigenvalue weighted by atomic mass is 9.96. The molecule has 146 valence electrons. The van der Waals surface area contributed by atoms with Crippen molar-refractivity contribution in [3.05, 3.63) is 23.8 Å². The van der Waals surface area contributed by atoms with Crippen LogP contribution in [0.25, 0.3) is 0 Å². The third kappa shape index (κ3) is 3.66. The molecule has 7 nitrogen and oxygen atoms in total. The highest BCUT2D eigenvalue weighted by Crippen LogP contribution is 2.39. The highest BCUT2D eigenvalue weighted by molar-refractivity contribution is 6.07. The van der Waals surface area contributed by atoms with Crippen LogP contribution in [0.1, 0.15) is 29.6 Å². The van der Waals surface area contributed by atoms with Crippen molar-refractivity contribution in [1.82, 2.24) is 10.2 Å². The lowest BCUT2D eigenvalue weighted by molar-refractivity contribution is -0.120. The molecule has 2 fully saturated rings. The molecule has 0 bridgehead atoms. The molecule has 0 radical (unpaired) electrons. The topological polar surface area (TPSA) is 65.1 Å². The minimum absolute atomic E-state index is 0.0514. The first-order valence-corrected chi connectivity index (χ1v) is 9.92. The molecule has 1 aromatic carbocycles. The average molecular weight is 372 g/mol. The fourth-order valence-corrected chi connectivity index (χ4v) is 4.25. The standard InChI is InChI=1S/C20H28N4O3/c1-22-18-14-15(19(25)21-7-9-23-10-12-27-13-11-23)5-6-16(18)24-8-3-2-4-17(24)20(22)26/h5-6,14,17H,2-4,7-13H2,1H3,(H,21,25)/t17-/m1/s1. The molecule has 3 aliphatic rings. The summed E-state index contributed by atoms with van der Waals surface area (Å²) in [7, 11) is 1.81.